The second kappa shape index (κ2) is 6.55. The Hall–Kier alpha value is -1.34. The molecular weight excluding hydrogens is 238 g/mol. The first-order valence-electron chi connectivity index (χ1n) is 6.09. The van der Waals surface area contributed by atoms with E-state index in [2.05, 4.69) is 10.5 Å². The molecule has 1 aliphatic rings. The summed E-state index contributed by atoms with van der Waals surface area (Å²) in [6, 6.07) is 0. The van der Waals surface area contributed by atoms with E-state index in [9.17, 15) is 4.79 Å². The lowest BCUT2D eigenvalue weighted by Gasteiger charge is -2.33. The first kappa shape index (κ1) is 14.7. The number of hydrogen-bond acceptors (Lipinski definition) is 5. The number of rotatable bonds is 5. The van der Waals surface area contributed by atoms with Gasteiger partial charge in [0, 0.05) is 0 Å². The van der Waals surface area contributed by atoms with Gasteiger partial charge in [0.2, 0.25) is 0 Å². The number of oxime groups is 1. The van der Waals surface area contributed by atoms with Crippen molar-refractivity contribution in [3.05, 3.63) is 0 Å². The molecule has 7 nitrogen and oxygen atoms in total. The topological polar surface area (TPSA) is 106 Å². The quantitative estimate of drug-likeness (QED) is 0.275. The van der Waals surface area contributed by atoms with Crippen LogP contribution in [0.5, 0.6) is 0 Å². The fourth-order valence-corrected chi connectivity index (χ4v) is 1.90. The minimum atomic E-state index is -0.841. The summed E-state index contributed by atoms with van der Waals surface area (Å²) < 4.78 is 10.5. The molecule has 7 heteroatoms. The van der Waals surface area contributed by atoms with Crippen molar-refractivity contribution in [3.8, 4) is 0 Å². The van der Waals surface area contributed by atoms with Gasteiger partial charge >= 0.3 is 0 Å². The SMILES string of the molecule is CCC(CC)(NC(=O)C1COCCO1)/C(N)=N/O. The van der Waals surface area contributed by atoms with Crippen LogP contribution in [0.25, 0.3) is 0 Å². The molecule has 104 valence electrons. The van der Waals surface area contributed by atoms with Crippen molar-refractivity contribution in [2.75, 3.05) is 19.8 Å². The molecule has 18 heavy (non-hydrogen) atoms. The summed E-state index contributed by atoms with van der Waals surface area (Å²) in [6.45, 7) is 4.84. The maximum atomic E-state index is 12.0. The van der Waals surface area contributed by atoms with Crippen LogP contribution < -0.4 is 11.1 Å². The van der Waals surface area contributed by atoms with Gasteiger partial charge in [-0.2, -0.15) is 0 Å². The molecule has 1 fully saturated rings. The Balaban J connectivity index is 2.74. The highest BCUT2D eigenvalue weighted by Crippen LogP contribution is 2.16. The summed E-state index contributed by atoms with van der Waals surface area (Å²) >= 11 is 0. The smallest absolute Gasteiger partial charge is 0.252 e. The molecule has 1 unspecified atom stereocenters. The van der Waals surface area contributed by atoms with Crippen LogP contribution in [0.2, 0.25) is 0 Å². The lowest BCUT2D eigenvalue weighted by Crippen LogP contribution is -2.60. The third kappa shape index (κ3) is 3.11. The van der Waals surface area contributed by atoms with E-state index in [1.807, 2.05) is 13.8 Å². The first-order chi connectivity index (χ1) is 8.59. The van der Waals surface area contributed by atoms with Gasteiger partial charge in [0.15, 0.2) is 11.9 Å². The monoisotopic (exact) mass is 259 g/mol. The molecule has 1 heterocycles. The van der Waals surface area contributed by atoms with Gasteiger partial charge < -0.3 is 25.7 Å². The molecule has 0 bridgehead atoms. The zero-order chi connectivity index (χ0) is 13.6. The van der Waals surface area contributed by atoms with Crippen LogP contribution in [0.1, 0.15) is 26.7 Å². The van der Waals surface area contributed by atoms with Crippen LogP contribution in [0.4, 0.5) is 0 Å². The molecule has 0 spiro atoms. The maximum Gasteiger partial charge on any atom is 0.252 e. The number of amidine groups is 1. The Bertz CT molecular complexity index is 309. The standard InChI is InChI=1S/C11H21N3O4/c1-3-11(4-2,10(12)14-16)13-9(15)8-7-17-5-6-18-8/h8,16H,3-7H2,1-2H3,(H2,12,14)(H,13,15). The van der Waals surface area contributed by atoms with Crippen LogP contribution in [-0.2, 0) is 14.3 Å². The van der Waals surface area contributed by atoms with Crippen molar-refractivity contribution >= 4 is 11.7 Å². The summed E-state index contributed by atoms with van der Waals surface area (Å²) in [4.78, 5) is 12.0. The summed E-state index contributed by atoms with van der Waals surface area (Å²) in [5.41, 5.74) is 4.82. The van der Waals surface area contributed by atoms with Gasteiger partial charge in [-0.3, -0.25) is 4.79 Å². The van der Waals surface area contributed by atoms with E-state index in [0.717, 1.165) is 0 Å². The van der Waals surface area contributed by atoms with Crippen molar-refractivity contribution in [2.45, 2.75) is 38.3 Å². The van der Waals surface area contributed by atoms with Gasteiger partial charge in [-0.15, -0.1) is 0 Å². The van der Waals surface area contributed by atoms with Crippen LogP contribution >= 0.6 is 0 Å². The van der Waals surface area contributed by atoms with E-state index in [1.54, 1.807) is 0 Å². The van der Waals surface area contributed by atoms with Gasteiger partial charge in [-0.1, -0.05) is 19.0 Å². The third-order valence-electron chi connectivity index (χ3n) is 3.28. The molecule has 0 aromatic heterocycles. The van der Waals surface area contributed by atoms with E-state index in [4.69, 9.17) is 20.4 Å². The normalized spacial score (nSPS) is 21.7. The molecule has 0 aromatic carbocycles. The Morgan fingerprint density at radius 1 is 1.50 bits per heavy atom. The van der Waals surface area contributed by atoms with Gasteiger partial charge in [-0.05, 0) is 12.8 Å². The Morgan fingerprint density at radius 2 is 2.17 bits per heavy atom. The lowest BCUT2D eigenvalue weighted by molar-refractivity contribution is -0.148. The van der Waals surface area contributed by atoms with Gasteiger partial charge in [0.1, 0.15) is 5.54 Å². The number of carbonyl (C=O) groups excluding carboxylic acids is 1. The second-order valence-corrected chi connectivity index (χ2v) is 4.20. The highest BCUT2D eigenvalue weighted by atomic mass is 16.6. The second-order valence-electron chi connectivity index (χ2n) is 4.20. The lowest BCUT2D eigenvalue weighted by atomic mass is 9.91. The van der Waals surface area contributed by atoms with Crippen LogP contribution in [0.15, 0.2) is 5.16 Å². The van der Waals surface area contributed by atoms with Gasteiger partial charge in [-0.25, -0.2) is 0 Å². The fourth-order valence-electron chi connectivity index (χ4n) is 1.90. The molecule has 1 amide bonds. The number of nitrogens with zero attached hydrogens (tertiary/aromatic N) is 1. The average molecular weight is 259 g/mol. The van der Waals surface area contributed by atoms with E-state index in [0.29, 0.717) is 26.1 Å². The predicted molar refractivity (Wildman–Crippen MR) is 65.4 cm³/mol. The molecule has 4 N–H and O–H groups in total. The Morgan fingerprint density at radius 3 is 2.61 bits per heavy atom. The van der Waals surface area contributed by atoms with Crippen molar-refractivity contribution < 1.29 is 19.5 Å². The van der Waals surface area contributed by atoms with Crippen molar-refractivity contribution in [3.63, 3.8) is 0 Å². The third-order valence-corrected chi connectivity index (χ3v) is 3.28. The Labute approximate surface area is 106 Å². The average Bonchev–Trinajstić information content (AvgIpc) is 2.44. The molecule has 1 rings (SSSR count). The van der Waals surface area contributed by atoms with Crippen LogP contribution in [0.3, 0.4) is 0 Å². The largest absolute Gasteiger partial charge is 0.409 e. The van der Waals surface area contributed by atoms with Gasteiger partial charge in [0.25, 0.3) is 5.91 Å². The van der Waals surface area contributed by atoms with Crippen molar-refractivity contribution in [2.24, 2.45) is 10.9 Å². The number of hydrogen-bond donors (Lipinski definition) is 3. The van der Waals surface area contributed by atoms with E-state index < -0.39 is 11.6 Å². The van der Waals surface area contributed by atoms with Crippen LogP contribution in [-0.4, -0.2) is 48.4 Å². The minimum absolute atomic E-state index is 0.00224. The zero-order valence-corrected chi connectivity index (χ0v) is 10.8. The fraction of sp³-hybridized carbons (Fsp3) is 0.818. The molecule has 0 aromatic rings. The number of carbonyl (C=O) groups is 1. The molecule has 1 aliphatic heterocycles. The summed E-state index contributed by atoms with van der Waals surface area (Å²) in [7, 11) is 0. The van der Waals surface area contributed by atoms with Gasteiger partial charge in [0.05, 0.1) is 19.8 Å². The molecule has 1 atom stereocenters. The molecular formula is C11H21N3O4. The Kier molecular flexibility index (Phi) is 5.36. The molecule has 0 radical (unpaired) electrons. The molecule has 1 saturated heterocycles. The van der Waals surface area contributed by atoms with E-state index in [1.165, 1.54) is 0 Å². The number of nitrogens with one attached hydrogen (secondary N) is 1. The van der Waals surface area contributed by atoms with Crippen molar-refractivity contribution in [1.82, 2.24) is 5.32 Å². The maximum absolute atomic E-state index is 12.0. The summed E-state index contributed by atoms with van der Waals surface area (Å²) in [5.74, 6) is -0.303. The highest BCUT2D eigenvalue weighted by Gasteiger charge is 2.36. The molecule has 0 aliphatic carbocycles. The van der Waals surface area contributed by atoms with E-state index in [-0.39, 0.29) is 18.3 Å². The first-order valence-corrected chi connectivity index (χ1v) is 6.09. The summed E-state index contributed by atoms with van der Waals surface area (Å²) in [6.07, 6.45) is 0.417. The highest BCUT2D eigenvalue weighted by molar-refractivity contribution is 5.94. The number of ether oxygens (including phenoxy) is 2. The van der Waals surface area contributed by atoms with E-state index >= 15 is 0 Å². The zero-order valence-electron chi connectivity index (χ0n) is 10.8. The predicted octanol–water partition coefficient (Wildman–Crippen LogP) is -0.177. The van der Waals surface area contributed by atoms with Crippen molar-refractivity contribution in [1.29, 1.82) is 0 Å². The molecule has 0 saturated carbocycles. The van der Waals surface area contributed by atoms with Crippen LogP contribution in [0, 0.1) is 0 Å². The number of amides is 1. The minimum Gasteiger partial charge on any atom is -0.409 e. The number of nitrogens with two attached hydrogens (primary N) is 1. The summed E-state index contributed by atoms with van der Waals surface area (Å²) in [5, 5.41) is 14.6.